The topological polar surface area (TPSA) is 61.4 Å². The van der Waals surface area contributed by atoms with Crippen molar-refractivity contribution in [2.24, 2.45) is 0 Å². The number of hydrogen-bond donors (Lipinski definition) is 2. The average Bonchev–Trinajstić information content (AvgIpc) is 3.18. The van der Waals surface area contributed by atoms with Gasteiger partial charge in [0.25, 0.3) is 0 Å². The van der Waals surface area contributed by atoms with Crippen molar-refractivity contribution in [3.63, 3.8) is 0 Å². The first-order chi connectivity index (χ1) is 9.56. The van der Waals surface area contributed by atoms with Crippen LogP contribution in [-0.4, -0.2) is 31.1 Å². The van der Waals surface area contributed by atoms with Crippen molar-refractivity contribution in [3.05, 3.63) is 28.7 Å². The lowest BCUT2D eigenvalue weighted by Gasteiger charge is -2.21. The van der Waals surface area contributed by atoms with Gasteiger partial charge in [0.05, 0.1) is 0 Å². The molecule has 108 valence electrons. The van der Waals surface area contributed by atoms with Gasteiger partial charge in [-0.05, 0) is 31.0 Å². The van der Waals surface area contributed by atoms with E-state index in [1.165, 1.54) is 6.92 Å². The van der Waals surface area contributed by atoms with Crippen LogP contribution in [0.15, 0.2) is 28.7 Å². The molecular formula is C14H18BrN3O2. The number of hydrogen-bond acceptors (Lipinski definition) is 2. The predicted octanol–water partition coefficient (Wildman–Crippen LogP) is 2.26. The molecule has 0 heterocycles. The Hall–Kier alpha value is -1.56. The monoisotopic (exact) mass is 339 g/mol. The van der Waals surface area contributed by atoms with Crippen molar-refractivity contribution in [3.8, 4) is 0 Å². The van der Waals surface area contributed by atoms with Crippen LogP contribution in [0.5, 0.6) is 0 Å². The highest BCUT2D eigenvalue weighted by Gasteiger charge is 2.23. The van der Waals surface area contributed by atoms with Crippen LogP contribution in [-0.2, 0) is 4.79 Å². The molecule has 0 aliphatic heterocycles. The summed E-state index contributed by atoms with van der Waals surface area (Å²) in [4.78, 5) is 24.8. The lowest BCUT2D eigenvalue weighted by atomic mass is 10.3. The van der Waals surface area contributed by atoms with Crippen LogP contribution in [0.25, 0.3) is 0 Å². The number of urea groups is 1. The summed E-state index contributed by atoms with van der Waals surface area (Å²) in [6.07, 6.45) is 2.12. The van der Waals surface area contributed by atoms with E-state index in [0.717, 1.165) is 23.0 Å². The maximum absolute atomic E-state index is 11.7. The summed E-state index contributed by atoms with van der Waals surface area (Å²) in [5, 5.41) is 5.61. The van der Waals surface area contributed by atoms with Gasteiger partial charge in [0.15, 0.2) is 0 Å². The fraction of sp³-hybridized carbons (Fsp3) is 0.429. The molecule has 0 saturated heterocycles. The molecule has 0 radical (unpaired) electrons. The van der Waals surface area contributed by atoms with E-state index < -0.39 is 0 Å². The number of halogens is 1. The van der Waals surface area contributed by atoms with Crippen LogP contribution < -0.4 is 15.5 Å². The minimum atomic E-state index is -0.162. The van der Waals surface area contributed by atoms with E-state index in [1.54, 1.807) is 4.90 Å². The first-order valence-electron chi connectivity index (χ1n) is 6.64. The molecule has 0 aromatic heterocycles. The highest BCUT2D eigenvalue weighted by Crippen LogP contribution is 2.20. The Labute approximate surface area is 126 Å². The lowest BCUT2D eigenvalue weighted by molar-refractivity contribution is -0.116. The molecule has 1 saturated carbocycles. The Balaban J connectivity index is 1.86. The van der Waals surface area contributed by atoms with Gasteiger partial charge < -0.3 is 15.5 Å². The van der Waals surface area contributed by atoms with E-state index in [0.29, 0.717) is 19.1 Å². The van der Waals surface area contributed by atoms with Crippen LogP contribution in [0.2, 0.25) is 0 Å². The second-order valence-electron chi connectivity index (χ2n) is 4.83. The van der Waals surface area contributed by atoms with E-state index in [2.05, 4.69) is 26.6 Å². The number of anilines is 1. The summed E-state index contributed by atoms with van der Waals surface area (Å²) in [6.45, 7) is 2.39. The van der Waals surface area contributed by atoms with Gasteiger partial charge in [-0.15, -0.1) is 0 Å². The summed E-state index contributed by atoms with van der Waals surface area (Å²) in [5.41, 5.74) is 0.816. The third-order valence-corrected chi connectivity index (χ3v) is 3.53. The van der Waals surface area contributed by atoms with Crippen LogP contribution in [0.1, 0.15) is 19.8 Å². The van der Waals surface area contributed by atoms with E-state index in [-0.39, 0.29) is 11.9 Å². The Morgan fingerprint density at radius 1 is 1.40 bits per heavy atom. The molecule has 0 unspecified atom stereocenters. The molecule has 0 bridgehead atoms. The molecule has 1 fully saturated rings. The first kappa shape index (κ1) is 14.8. The highest BCUT2D eigenvalue weighted by molar-refractivity contribution is 9.10. The highest BCUT2D eigenvalue weighted by atomic mass is 79.9. The summed E-state index contributed by atoms with van der Waals surface area (Å²) in [6, 6.07) is 7.71. The van der Waals surface area contributed by atoms with Crippen LogP contribution in [0.3, 0.4) is 0 Å². The molecule has 0 spiro atoms. The van der Waals surface area contributed by atoms with Gasteiger partial charge in [0.2, 0.25) is 5.91 Å². The largest absolute Gasteiger partial charge is 0.336 e. The van der Waals surface area contributed by atoms with Gasteiger partial charge in [-0.2, -0.15) is 0 Å². The maximum Gasteiger partial charge on any atom is 0.315 e. The fourth-order valence-corrected chi connectivity index (χ4v) is 2.24. The summed E-state index contributed by atoms with van der Waals surface area (Å²) < 4.78 is 0.917. The summed E-state index contributed by atoms with van der Waals surface area (Å²) in [7, 11) is 0. The van der Waals surface area contributed by atoms with Crippen LogP contribution in [0.4, 0.5) is 10.5 Å². The molecule has 5 nitrogen and oxygen atoms in total. The van der Waals surface area contributed by atoms with E-state index >= 15 is 0 Å². The van der Waals surface area contributed by atoms with Crippen molar-refractivity contribution in [2.75, 3.05) is 18.0 Å². The SMILES string of the molecule is CC(=O)N(CCNC(=O)NC1CC1)c1cccc(Br)c1. The van der Waals surface area contributed by atoms with Crippen molar-refractivity contribution >= 4 is 33.6 Å². The van der Waals surface area contributed by atoms with Crippen molar-refractivity contribution < 1.29 is 9.59 Å². The van der Waals surface area contributed by atoms with E-state index in [9.17, 15) is 9.59 Å². The molecule has 6 heteroatoms. The minimum Gasteiger partial charge on any atom is -0.336 e. The normalized spacial score (nSPS) is 13.7. The first-order valence-corrected chi connectivity index (χ1v) is 7.43. The number of benzene rings is 1. The zero-order valence-corrected chi connectivity index (χ0v) is 12.9. The standard InChI is InChI=1S/C14H18BrN3O2/c1-10(19)18(13-4-2-3-11(15)9-13)8-7-16-14(20)17-12-5-6-12/h2-4,9,12H,5-8H2,1H3,(H2,16,17,20). The molecule has 1 aliphatic rings. The van der Waals surface area contributed by atoms with E-state index in [1.807, 2.05) is 24.3 Å². The Kier molecular flexibility index (Phi) is 5.00. The number of carbonyl (C=O) groups is 2. The quantitative estimate of drug-likeness (QED) is 0.864. The van der Waals surface area contributed by atoms with Gasteiger partial charge in [-0.3, -0.25) is 4.79 Å². The number of amides is 3. The third-order valence-electron chi connectivity index (χ3n) is 3.03. The van der Waals surface area contributed by atoms with Gasteiger partial charge in [-0.1, -0.05) is 22.0 Å². The second kappa shape index (κ2) is 6.74. The number of nitrogens with one attached hydrogen (secondary N) is 2. The van der Waals surface area contributed by atoms with Crippen LogP contribution >= 0.6 is 15.9 Å². The molecule has 1 aliphatic carbocycles. The van der Waals surface area contributed by atoms with Crippen molar-refractivity contribution in [1.29, 1.82) is 0 Å². The Morgan fingerprint density at radius 3 is 2.75 bits per heavy atom. The number of carbonyl (C=O) groups excluding carboxylic acids is 2. The molecule has 2 N–H and O–H groups in total. The molecule has 3 amide bonds. The Morgan fingerprint density at radius 2 is 2.15 bits per heavy atom. The zero-order valence-electron chi connectivity index (χ0n) is 11.4. The smallest absolute Gasteiger partial charge is 0.315 e. The molecule has 0 atom stereocenters. The van der Waals surface area contributed by atoms with Crippen molar-refractivity contribution in [2.45, 2.75) is 25.8 Å². The van der Waals surface area contributed by atoms with Crippen LogP contribution in [0, 0.1) is 0 Å². The second-order valence-corrected chi connectivity index (χ2v) is 5.74. The van der Waals surface area contributed by atoms with Gasteiger partial charge in [-0.25, -0.2) is 4.79 Å². The molecule has 20 heavy (non-hydrogen) atoms. The minimum absolute atomic E-state index is 0.0486. The molecule has 2 rings (SSSR count). The van der Waals surface area contributed by atoms with E-state index in [4.69, 9.17) is 0 Å². The third kappa shape index (κ3) is 4.52. The van der Waals surface area contributed by atoms with Gasteiger partial charge in [0, 0.05) is 36.2 Å². The molecule has 1 aromatic rings. The zero-order chi connectivity index (χ0) is 14.5. The lowest BCUT2D eigenvalue weighted by Crippen LogP contribution is -2.42. The van der Waals surface area contributed by atoms with Crippen molar-refractivity contribution in [1.82, 2.24) is 10.6 Å². The maximum atomic E-state index is 11.7. The number of rotatable bonds is 5. The predicted molar refractivity (Wildman–Crippen MR) is 81.7 cm³/mol. The Bertz CT molecular complexity index is 503. The average molecular weight is 340 g/mol. The summed E-state index contributed by atoms with van der Waals surface area (Å²) >= 11 is 3.39. The fourth-order valence-electron chi connectivity index (χ4n) is 1.86. The molecular weight excluding hydrogens is 322 g/mol. The van der Waals surface area contributed by atoms with Gasteiger partial charge >= 0.3 is 6.03 Å². The van der Waals surface area contributed by atoms with Gasteiger partial charge in [0.1, 0.15) is 0 Å². The molecule has 1 aromatic carbocycles. The summed E-state index contributed by atoms with van der Waals surface area (Å²) in [5.74, 6) is -0.0486. The number of nitrogens with zero attached hydrogens (tertiary/aromatic N) is 1.